The fourth-order valence-electron chi connectivity index (χ4n) is 2.38. The molecule has 0 bridgehead atoms. The van der Waals surface area contributed by atoms with Crippen molar-refractivity contribution >= 4 is 11.3 Å². The van der Waals surface area contributed by atoms with Gasteiger partial charge in [-0.25, -0.2) is 0 Å². The third-order valence-electron chi connectivity index (χ3n) is 3.45. The Kier molecular flexibility index (Phi) is 5.20. The van der Waals surface area contributed by atoms with Crippen LogP contribution in [0.5, 0.6) is 5.75 Å². The predicted octanol–water partition coefficient (Wildman–Crippen LogP) is 2.95. The summed E-state index contributed by atoms with van der Waals surface area (Å²) in [7, 11) is 3.75. The van der Waals surface area contributed by atoms with Crippen LogP contribution in [0.4, 0.5) is 0 Å². The van der Waals surface area contributed by atoms with Crippen molar-refractivity contribution in [2.45, 2.75) is 32.7 Å². The van der Waals surface area contributed by atoms with E-state index in [0.29, 0.717) is 0 Å². The monoisotopic (exact) mass is 293 g/mol. The Balaban J connectivity index is 2.23. The zero-order chi connectivity index (χ0) is 14.5. The molecule has 20 heavy (non-hydrogen) atoms. The minimum atomic E-state index is 0.273. The number of methoxy groups -OCH3 is 1. The Bertz CT molecular complexity index is 547. The van der Waals surface area contributed by atoms with Crippen LogP contribution in [-0.2, 0) is 19.9 Å². The van der Waals surface area contributed by atoms with Crippen molar-refractivity contribution in [2.24, 2.45) is 7.05 Å². The van der Waals surface area contributed by atoms with E-state index in [1.54, 1.807) is 18.4 Å². The molecule has 2 aromatic heterocycles. The van der Waals surface area contributed by atoms with E-state index < -0.39 is 0 Å². The van der Waals surface area contributed by atoms with Crippen LogP contribution in [0.2, 0.25) is 0 Å². The van der Waals surface area contributed by atoms with Crippen molar-refractivity contribution in [3.8, 4) is 5.75 Å². The van der Waals surface area contributed by atoms with Crippen molar-refractivity contribution in [1.82, 2.24) is 15.1 Å². The summed E-state index contributed by atoms with van der Waals surface area (Å²) >= 11 is 1.74. The standard InChI is InChI=1S/C15H23N3OS/c1-5-11-9-12(18(3)17-11)10-13(16-6-2)15-14(19-4)7-8-20-15/h7-9,13,16H,5-6,10H2,1-4H3. The van der Waals surface area contributed by atoms with Gasteiger partial charge in [0.1, 0.15) is 5.75 Å². The van der Waals surface area contributed by atoms with Gasteiger partial charge in [0.05, 0.1) is 23.7 Å². The smallest absolute Gasteiger partial charge is 0.134 e. The lowest BCUT2D eigenvalue weighted by Crippen LogP contribution is -2.23. The van der Waals surface area contributed by atoms with E-state index in [-0.39, 0.29) is 6.04 Å². The van der Waals surface area contributed by atoms with Gasteiger partial charge in [-0.05, 0) is 30.5 Å². The van der Waals surface area contributed by atoms with Gasteiger partial charge in [-0.1, -0.05) is 13.8 Å². The lowest BCUT2D eigenvalue weighted by Gasteiger charge is -2.18. The number of thiophene rings is 1. The Labute approximate surface area is 124 Å². The molecule has 0 aromatic carbocycles. The fourth-order valence-corrected chi connectivity index (χ4v) is 3.32. The molecule has 0 amide bonds. The minimum Gasteiger partial charge on any atom is -0.496 e. The molecule has 0 fully saturated rings. The molecule has 4 nitrogen and oxygen atoms in total. The predicted molar refractivity (Wildman–Crippen MR) is 83.6 cm³/mol. The van der Waals surface area contributed by atoms with Crippen LogP contribution in [0.25, 0.3) is 0 Å². The molecule has 0 radical (unpaired) electrons. The molecular weight excluding hydrogens is 270 g/mol. The van der Waals surface area contributed by atoms with Crippen LogP contribution >= 0.6 is 11.3 Å². The second kappa shape index (κ2) is 6.90. The Hall–Kier alpha value is -1.33. The molecule has 110 valence electrons. The Morgan fingerprint density at radius 1 is 1.45 bits per heavy atom. The summed E-state index contributed by atoms with van der Waals surface area (Å²) in [6.45, 7) is 5.20. The molecule has 0 aliphatic carbocycles. The van der Waals surface area contributed by atoms with E-state index in [1.807, 2.05) is 17.8 Å². The minimum absolute atomic E-state index is 0.273. The molecule has 1 N–H and O–H groups in total. The molecule has 0 saturated carbocycles. The highest BCUT2D eigenvalue weighted by molar-refractivity contribution is 7.10. The van der Waals surface area contributed by atoms with E-state index in [1.165, 1.54) is 10.6 Å². The van der Waals surface area contributed by atoms with E-state index in [4.69, 9.17) is 4.74 Å². The van der Waals surface area contributed by atoms with Gasteiger partial charge in [-0.15, -0.1) is 11.3 Å². The average Bonchev–Trinajstić information content (AvgIpc) is 3.05. The van der Waals surface area contributed by atoms with Crippen molar-refractivity contribution in [2.75, 3.05) is 13.7 Å². The highest BCUT2D eigenvalue weighted by atomic mass is 32.1. The first-order valence-corrected chi connectivity index (χ1v) is 7.94. The van der Waals surface area contributed by atoms with Crippen molar-refractivity contribution in [3.05, 3.63) is 33.8 Å². The number of hydrogen-bond acceptors (Lipinski definition) is 4. The van der Waals surface area contributed by atoms with Crippen LogP contribution in [0, 0.1) is 0 Å². The maximum Gasteiger partial charge on any atom is 0.134 e. The van der Waals surface area contributed by atoms with Crippen LogP contribution in [-0.4, -0.2) is 23.4 Å². The fraction of sp³-hybridized carbons (Fsp3) is 0.533. The maximum atomic E-state index is 5.45. The van der Waals surface area contributed by atoms with Crippen molar-refractivity contribution in [1.29, 1.82) is 0 Å². The first-order chi connectivity index (χ1) is 9.69. The van der Waals surface area contributed by atoms with E-state index in [2.05, 4.69) is 35.7 Å². The topological polar surface area (TPSA) is 39.1 Å². The first-order valence-electron chi connectivity index (χ1n) is 7.06. The summed E-state index contributed by atoms with van der Waals surface area (Å²) in [5.74, 6) is 0.971. The van der Waals surface area contributed by atoms with Gasteiger partial charge < -0.3 is 10.1 Å². The van der Waals surface area contributed by atoms with Crippen molar-refractivity contribution < 1.29 is 4.74 Å². The summed E-state index contributed by atoms with van der Waals surface area (Å²) in [6, 6.07) is 4.50. The quantitative estimate of drug-likeness (QED) is 0.853. The Morgan fingerprint density at radius 2 is 2.25 bits per heavy atom. The van der Waals surface area contributed by atoms with Crippen LogP contribution in [0.1, 0.15) is 36.2 Å². The number of rotatable bonds is 7. The zero-order valence-corrected chi connectivity index (χ0v) is 13.5. The van der Waals surface area contributed by atoms with Gasteiger partial charge in [0.15, 0.2) is 0 Å². The molecule has 2 rings (SSSR count). The van der Waals surface area contributed by atoms with Crippen LogP contribution < -0.4 is 10.1 Å². The SMILES string of the molecule is CCNC(Cc1cc(CC)nn1C)c1sccc1OC. The number of aromatic nitrogens is 2. The molecule has 5 heteroatoms. The number of nitrogens with one attached hydrogen (secondary N) is 1. The van der Waals surface area contributed by atoms with E-state index >= 15 is 0 Å². The third-order valence-corrected chi connectivity index (χ3v) is 4.46. The zero-order valence-electron chi connectivity index (χ0n) is 12.6. The maximum absolute atomic E-state index is 5.45. The van der Waals surface area contributed by atoms with Gasteiger partial charge in [0.25, 0.3) is 0 Å². The Morgan fingerprint density at radius 3 is 2.85 bits per heavy atom. The van der Waals surface area contributed by atoms with Crippen LogP contribution in [0.15, 0.2) is 17.5 Å². The molecule has 0 aliphatic heterocycles. The molecule has 0 aliphatic rings. The summed E-state index contributed by atoms with van der Waals surface area (Å²) in [6.07, 6.45) is 1.90. The average molecular weight is 293 g/mol. The largest absolute Gasteiger partial charge is 0.496 e. The molecule has 2 aromatic rings. The number of ether oxygens (including phenoxy) is 1. The molecular formula is C15H23N3OS. The first kappa shape index (κ1) is 15.1. The highest BCUT2D eigenvalue weighted by Gasteiger charge is 2.19. The lowest BCUT2D eigenvalue weighted by molar-refractivity contribution is 0.402. The van der Waals surface area contributed by atoms with Gasteiger partial charge in [-0.2, -0.15) is 5.10 Å². The molecule has 2 heterocycles. The highest BCUT2D eigenvalue weighted by Crippen LogP contribution is 2.32. The summed E-state index contributed by atoms with van der Waals surface area (Å²) in [5.41, 5.74) is 2.40. The second-order valence-electron chi connectivity index (χ2n) is 4.77. The van der Waals surface area contributed by atoms with E-state index in [0.717, 1.165) is 30.8 Å². The summed E-state index contributed by atoms with van der Waals surface area (Å²) in [4.78, 5) is 1.26. The van der Waals surface area contributed by atoms with Gasteiger partial charge in [0.2, 0.25) is 0 Å². The number of likely N-dealkylation sites (N-methyl/N-ethyl adjacent to an activating group) is 1. The number of nitrogens with zero attached hydrogens (tertiary/aromatic N) is 2. The summed E-state index contributed by atoms with van der Waals surface area (Å²) < 4.78 is 7.44. The summed E-state index contributed by atoms with van der Waals surface area (Å²) in [5, 5.41) is 10.2. The van der Waals surface area contributed by atoms with Gasteiger partial charge in [0, 0.05) is 19.2 Å². The van der Waals surface area contributed by atoms with Crippen molar-refractivity contribution in [3.63, 3.8) is 0 Å². The van der Waals surface area contributed by atoms with Gasteiger partial charge >= 0.3 is 0 Å². The second-order valence-corrected chi connectivity index (χ2v) is 5.72. The third kappa shape index (κ3) is 3.22. The molecule has 1 atom stereocenters. The van der Waals surface area contributed by atoms with Gasteiger partial charge in [-0.3, -0.25) is 4.68 Å². The number of hydrogen-bond donors (Lipinski definition) is 1. The molecule has 0 spiro atoms. The number of aryl methyl sites for hydroxylation is 2. The molecule has 0 saturated heterocycles. The van der Waals surface area contributed by atoms with Crippen LogP contribution in [0.3, 0.4) is 0 Å². The van der Waals surface area contributed by atoms with E-state index in [9.17, 15) is 0 Å². The lowest BCUT2D eigenvalue weighted by atomic mass is 10.1. The molecule has 1 unspecified atom stereocenters. The normalized spacial score (nSPS) is 12.6.